The van der Waals surface area contributed by atoms with Crippen LogP contribution in [-0.2, 0) is 14.3 Å². The molecular formula is C10H16O3. The van der Waals surface area contributed by atoms with E-state index in [0.29, 0.717) is 12.0 Å². The molecule has 0 aromatic rings. The number of carbonyl (C=O) groups excluding carboxylic acids is 1. The molecule has 1 aliphatic heterocycles. The topological polar surface area (TPSA) is 35.5 Å². The van der Waals surface area contributed by atoms with Crippen molar-refractivity contribution in [1.82, 2.24) is 0 Å². The van der Waals surface area contributed by atoms with Crippen LogP contribution < -0.4 is 0 Å². The Morgan fingerprint density at radius 3 is 3.00 bits per heavy atom. The van der Waals surface area contributed by atoms with E-state index in [1.807, 2.05) is 0 Å². The monoisotopic (exact) mass is 184 g/mol. The third kappa shape index (κ3) is 1.70. The lowest BCUT2D eigenvalue weighted by Crippen LogP contribution is -2.30. The van der Waals surface area contributed by atoms with Gasteiger partial charge in [-0.1, -0.05) is 0 Å². The quantitative estimate of drug-likeness (QED) is 0.577. The minimum Gasteiger partial charge on any atom is -0.469 e. The molecule has 13 heavy (non-hydrogen) atoms. The average Bonchev–Trinajstić information content (AvgIpc) is 2.63. The molecule has 0 spiro atoms. The summed E-state index contributed by atoms with van der Waals surface area (Å²) in [6, 6.07) is 0. The fourth-order valence-corrected chi connectivity index (χ4v) is 2.51. The second-order valence-electron chi connectivity index (χ2n) is 3.99. The molecule has 3 heteroatoms. The molecule has 0 aromatic carbocycles. The molecule has 1 saturated heterocycles. The summed E-state index contributed by atoms with van der Waals surface area (Å²) in [5.41, 5.74) is 0. The van der Waals surface area contributed by atoms with Crippen molar-refractivity contribution >= 4 is 5.97 Å². The number of fused-ring (bicyclic) bond motifs is 1. The molecule has 3 atom stereocenters. The van der Waals surface area contributed by atoms with Crippen LogP contribution in [0.25, 0.3) is 0 Å². The fraction of sp³-hybridized carbons (Fsp3) is 0.900. The van der Waals surface area contributed by atoms with Crippen molar-refractivity contribution in [3.63, 3.8) is 0 Å². The summed E-state index contributed by atoms with van der Waals surface area (Å²) in [4.78, 5) is 11.3. The normalized spacial score (nSPS) is 38.4. The van der Waals surface area contributed by atoms with Crippen molar-refractivity contribution in [1.29, 1.82) is 0 Å². The van der Waals surface area contributed by atoms with Crippen LogP contribution in [0.2, 0.25) is 0 Å². The molecular weight excluding hydrogens is 168 g/mol. The minimum atomic E-state index is -0.0367. The summed E-state index contributed by atoms with van der Waals surface area (Å²) < 4.78 is 10.3. The van der Waals surface area contributed by atoms with Crippen molar-refractivity contribution < 1.29 is 14.3 Å². The highest BCUT2D eigenvalue weighted by molar-refractivity contribution is 5.72. The minimum absolute atomic E-state index is 0.0367. The summed E-state index contributed by atoms with van der Waals surface area (Å²) in [5.74, 6) is 0.705. The number of esters is 1. The number of carbonyl (C=O) groups is 1. The third-order valence-corrected chi connectivity index (χ3v) is 3.27. The van der Waals surface area contributed by atoms with Gasteiger partial charge in [-0.25, -0.2) is 0 Å². The van der Waals surface area contributed by atoms with Gasteiger partial charge in [0.25, 0.3) is 0 Å². The highest BCUT2D eigenvalue weighted by Crippen LogP contribution is 2.37. The first-order valence-corrected chi connectivity index (χ1v) is 5.00. The molecule has 1 heterocycles. The van der Waals surface area contributed by atoms with Crippen LogP contribution >= 0.6 is 0 Å². The van der Waals surface area contributed by atoms with Crippen LogP contribution in [0.1, 0.15) is 25.7 Å². The number of ether oxygens (including phenoxy) is 2. The van der Waals surface area contributed by atoms with Gasteiger partial charge in [-0.2, -0.15) is 0 Å². The molecule has 2 rings (SSSR count). The highest BCUT2D eigenvalue weighted by Gasteiger charge is 2.37. The molecule has 0 radical (unpaired) electrons. The fourth-order valence-electron chi connectivity index (χ4n) is 2.51. The zero-order chi connectivity index (χ0) is 9.26. The lowest BCUT2D eigenvalue weighted by molar-refractivity contribution is -0.147. The van der Waals surface area contributed by atoms with Gasteiger partial charge in [0, 0.05) is 6.61 Å². The molecule has 3 nitrogen and oxygen atoms in total. The average molecular weight is 184 g/mol. The van der Waals surface area contributed by atoms with E-state index in [4.69, 9.17) is 9.47 Å². The first-order valence-electron chi connectivity index (χ1n) is 5.00. The summed E-state index contributed by atoms with van der Waals surface area (Å²) >= 11 is 0. The molecule has 2 aliphatic rings. The van der Waals surface area contributed by atoms with E-state index < -0.39 is 0 Å². The van der Waals surface area contributed by atoms with Crippen molar-refractivity contribution in [3.8, 4) is 0 Å². The smallest absolute Gasteiger partial charge is 0.308 e. The maximum atomic E-state index is 11.3. The second-order valence-corrected chi connectivity index (χ2v) is 3.99. The van der Waals surface area contributed by atoms with Crippen molar-refractivity contribution in [2.45, 2.75) is 31.8 Å². The van der Waals surface area contributed by atoms with E-state index in [1.165, 1.54) is 7.11 Å². The van der Waals surface area contributed by atoms with Gasteiger partial charge in [0.05, 0.1) is 19.1 Å². The van der Waals surface area contributed by atoms with Gasteiger partial charge in [0.2, 0.25) is 0 Å². The molecule has 1 aliphatic carbocycles. The largest absolute Gasteiger partial charge is 0.469 e. The van der Waals surface area contributed by atoms with E-state index >= 15 is 0 Å². The molecule has 1 saturated carbocycles. The van der Waals surface area contributed by atoms with E-state index in [0.717, 1.165) is 32.3 Å². The maximum absolute atomic E-state index is 11.3. The number of methoxy groups -OCH3 is 1. The Bertz CT molecular complexity index is 202. The van der Waals surface area contributed by atoms with Crippen LogP contribution in [0.3, 0.4) is 0 Å². The lowest BCUT2D eigenvalue weighted by atomic mass is 9.79. The van der Waals surface area contributed by atoms with Gasteiger partial charge in [-0.15, -0.1) is 0 Å². The Morgan fingerprint density at radius 2 is 2.23 bits per heavy atom. The Morgan fingerprint density at radius 1 is 1.38 bits per heavy atom. The molecule has 0 bridgehead atoms. The predicted molar refractivity (Wildman–Crippen MR) is 47.2 cm³/mol. The summed E-state index contributed by atoms with van der Waals surface area (Å²) in [5, 5.41) is 0. The molecule has 1 unspecified atom stereocenters. The van der Waals surface area contributed by atoms with Gasteiger partial charge < -0.3 is 9.47 Å². The number of hydrogen-bond acceptors (Lipinski definition) is 3. The van der Waals surface area contributed by atoms with E-state index in [2.05, 4.69) is 0 Å². The van der Waals surface area contributed by atoms with Crippen molar-refractivity contribution in [3.05, 3.63) is 0 Å². The molecule has 2 fully saturated rings. The van der Waals surface area contributed by atoms with Crippen molar-refractivity contribution in [2.75, 3.05) is 13.7 Å². The summed E-state index contributed by atoms with van der Waals surface area (Å²) in [6.07, 6.45) is 4.49. The third-order valence-electron chi connectivity index (χ3n) is 3.27. The molecule has 74 valence electrons. The lowest BCUT2D eigenvalue weighted by Gasteiger charge is -2.28. The zero-order valence-corrected chi connectivity index (χ0v) is 7.99. The molecule has 0 amide bonds. The van der Waals surface area contributed by atoms with Crippen LogP contribution in [-0.4, -0.2) is 25.8 Å². The Labute approximate surface area is 78.4 Å². The van der Waals surface area contributed by atoms with Gasteiger partial charge in [-0.3, -0.25) is 4.79 Å². The zero-order valence-electron chi connectivity index (χ0n) is 7.99. The van der Waals surface area contributed by atoms with Crippen LogP contribution in [0.4, 0.5) is 0 Å². The van der Waals surface area contributed by atoms with Gasteiger partial charge >= 0.3 is 5.97 Å². The Balaban J connectivity index is 1.93. The Kier molecular flexibility index (Phi) is 2.54. The van der Waals surface area contributed by atoms with E-state index in [-0.39, 0.29) is 11.9 Å². The SMILES string of the molecule is COC(=O)C1CC[C@H]2OCC[C@H]2C1. The van der Waals surface area contributed by atoms with Crippen LogP contribution in [0, 0.1) is 11.8 Å². The number of rotatable bonds is 1. The van der Waals surface area contributed by atoms with Gasteiger partial charge in [0.1, 0.15) is 0 Å². The highest BCUT2D eigenvalue weighted by atomic mass is 16.5. The summed E-state index contributed by atoms with van der Waals surface area (Å²) in [7, 11) is 1.47. The Hall–Kier alpha value is -0.570. The number of hydrogen-bond donors (Lipinski definition) is 0. The first kappa shape index (κ1) is 9.00. The standard InChI is InChI=1S/C10H16O3/c1-12-10(11)8-2-3-9-7(6-8)4-5-13-9/h7-9H,2-6H2,1H3/t7-,8?,9+/m0/s1. The maximum Gasteiger partial charge on any atom is 0.308 e. The van der Waals surface area contributed by atoms with Gasteiger partial charge in [-0.05, 0) is 31.6 Å². The van der Waals surface area contributed by atoms with Crippen molar-refractivity contribution in [2.24, 2.45) is 11.8 Å². The first-order chi connectivity index (χ1) is 6.31. The van der Waals surface area contributed by atoms with Crippen LogP contribution in [0.15, 0.2) is 0 Å². The van der Waals surface area contributed by atoms with E-state index in [1.54, 1.807) is 0 Å². The molecule has 0 aromatic heterocycles. The van der Waals surface area contributed by atoms with Crippen LogP contribution in [0.5, 0.6) is 0 Å². The molecule has 0 N–H and O–H groups in total. The predicted octanol–water partition coefficient (Wildman–Crippen LogP) is 1.36. The summed E-state index contributed by atoms with van der Waals surface area (Å²) in [6.45, 7) is 0.878. The van der Waals surface area contributed by atoms with E-state index in [9.17, 15) is 4.79 Å². The van der Waals surface area contributed by atoms with Gasteiger partial charge in [0.15, 0.2) is 0 Å². The second kappa shape index (κ2) is 3.66.